The molecule has 4 rings (SSSR count). The molecule has 2 aliphatic rings. The van der Waals surface area contributed by atoms with Crippen molar-refractivity contribution in [2.24, 2.45) is 17.8 Å². The Morgan fingerprint density at radius 1 is 1.02 bits per heavy atom. The molecule has 2 aromatic rings. The minimum absolute atomic E-state index is 0.00887. The number of aromatic amines is 1. The normalized spacial score (nSPS) is 18.6. The summed E-state index contributed by atoms with van der Waals surface area (Å²) >= 11 is 0. The molecule has 10 heteroatoms. The van der Waals surface area contributed by atoms with Gasteiger partial charge in [-0.3, -0.25) is 14.4 Å². The van der Waals surface area contributed by atoms with Gasteiger partial charge in [0.25, 0.3) is 0 Å². The van der Waals surface area contributed by atoms with Crippen LogP contribution in [-0.4, -0.2) is 75.1 Å². The Morgan fingerprint density at radius 2 is 1.83 bits per heavy atom. The molecule has 2 fully saturated rings. The topological polar surface area (TPSA) is 133 Å². The Labute approximate surface area is 240 Å². The van der Waals surface area contributed by atoms with E-state index in [2.05, 4.69) is 10.3 Å². The average Bonchev–Trinajstić information content (AvgIpc) is 3.68. The van der Waals surface area contributed by atoms with Gasteiger partial charge in [-0.1, -0.05) is 25.3 Å². The van der Waals surface area contributed by atoms with Crippen molar-refractivity contribution >= 4 is 34.3 Å². The number of fused-ring (bicyclic) bond motifs is 1. The zero-order valence-corrected chi connectivity index (χ0v) is 24.1. The summed E-state index contributed by atoms with van der Waals surface area (Å²) in [5.74, 6) is -0.801. The number of hydrogen-bond acceptors (Lipinski definition) is 8. The minimum Gasteiger partial charge on any atom is -0.490 e. The summed E-state index contributed by atoms with van der Waals surface area (Å²) in [4.78, 5) is 55.0. The highest BCUT2D eigenvalue weighted by Gasteiger charge is 2.35. The van der Waals surface area contributed by atoms with Crippen LogP contribution in [0, 0.1) is 17.8 Å². The Kier molecular flexibility index (Phi) is 11.3. The lowest BCUT2D eigenvalue weighted by Gasteiger charge is -2.26. The van der Waals surface area contributed by atoms with Crippen LogP contribution < -0.4 is 10.1 Å². The number of methoxy groups -OCH3 is 2. The molecule has 0 saturated heterocycles. The summed E-state index contributed by atoms with van der Waals surface area (Å²) in [5, 5.41) is 3.61. The van der Waals surface area contributed by atoms with E-state index in [0.717, 1.165) is 36.6 Å². The molecule has 1 aromatic heterocycles. The lowest BCUT2D eigenvalue weighted by molar-refractivity contribution is -0.146. The molecule has 2 N–H and O–H groups in total. The molecule has 2 saturated carbocycles. The molecule has 0 aliphatic heterocycles. The summed E-state index contributed by atoms with van der Waals surface area (Å²) in [6, 6.07) is 6.41. The number of ether oxygens (including phenoxy) is 4. The first-order chi connectivity index (χ1) is 19.9. The zero-order valence-electron chi connectivity index (χ0n) is 24.1. The number of carbonyl (C=O) groups excluding carboxylic acids is 4. The number of benzene rings is 1. The van der Waals surface area contributed by atoms with Gasteiger partial charge in [0.15, 0.2) is 5.78 Å². The molecule has 0 radical (unpaired) electrons. The number of amides is 1. The molecule has 1 aromatic carbocycles. The van der Waals surface area contributed by atoms with E-state index in [4.69, 9.17) is 18.9 Å². The van der Waals surface area contributed by atoms with E-state index in [0.29, 0.717) is 63.1 Å². The van der Waals surface area contributed by atoms with Crippen molar-refractivity contribution < 1.29 is 38.1 Å². The highest BCUT2D eigenvalue weighted by molar-refractivity contribution is 6.02. The SMILES string of the molecule is COCCOCCOc1cccc2[nH]c(C(=O)C[C@@H](CC3CC3)C(=O)N[C@@H](C[C@@H]3CCCCC3=O)C(=O)OC)cc12. The molecular weight excluding hydrogens is 528 g/mol. The summed E-state index contributed by atoms with van der Waals surface area (Å²) in [5.41, 5.74) is 1.16. The predicted octanol–water partition coefficient (Wildman–Crippen LogP) is 4.01. The average molecular weight is 571 g/mol. The maximum absolute atomic E-state index is 13.5. The van der Waals surface area contributed by atoms with Crippen LogP contribution in [0.15, 0.2) is 24.3 Å². The molecule has 10 nitrogen and oxygen atoms in total. The van der Waals surface area contributed by atoms with E-state index in [1.165, 1.54) is 7.11 Å². The number of nitrogens with one attached hydrogen (secondary N) is 2. The molecule has 1 amide bonds. The molecular formula is C31H42N2O8. The highest BCUT2D eigenvalue weighted by Crippen LogP contribution is 2.37. The molecule has 0 spiro atoms. The van der Waals surface area contributed by atoms with Gasteiger partial charge in [-0.15, -0.1) is 0 Å². The smallest absolute Gasteiger partial charge is 0.328 e. The Bertz CT molecular complexity index is 1200. The van der Waals surface area contributed by atoms with Crippen LogP contribution in [0.1, 0.15) is 68.3 Å². The third kappa shape index (κ3) is 8.87. The van der Waals surface area contributed by atoms with Gasteiger partial charge in [0, 0.05) is 42.7 Å². The molecule has 224 valence electrons. The fourth-order valence-electron chi connectivity index (χ4n) is 5.47. The Balaban J connectivity index is 1.41. The Hall–Kier alpha value is -3.24. The maximum Gasteiger partial charge on any atom is 0.328 e. The largest absolute Gasteiger partial charge is 0.490 e. The summed E-state index contributed by atoms with van der Waals surface area (Å²) < 4.78 is 21.3. The second kappa shape index (κ2) is 15.1. The number of H-pyrrole nitrogens is 1. The molecule has 0 unspecified atom stereocenters. The standard InChI is InChI=1S/C31H42N2O8/c1-38-12-13-40-14-15-41-29-9-5-7-24-23(29)19-25(32-24)28(35)18-22(16-20-10-11-20)30(36)33-26(31(37)39-2)17-21-6-3-4-8-27(21)34/h5,7,9,19-22,26,32H,3-4,6,8,10-18H2,1-2H3,(H,33,36)/t21-,22+,26-/m0/s1. The van der Waals surface area contributed by atoms with Crippen molar-refractivity contribution in [1.29, 1.82) is 0 Å². The first-order valence-electron chi connectivity index (χ1n) is 14.6. The van der Waals surface area contributed by atoms with E-state index in [-0.39, 0.29) is 36.2 Å². The van der Waals surface area contributed by atoms with Gasteiger partial charge < -0.3 is 29.2 Å². The van der Waals surface area contributed by atoms with E-state index >= 15 is 0 Å². The zero-order chi connectivity index (χ0) is 29.2. The number of ketones is 2. The van der Waals surface area contributed by atoms with Crippen molar-refractivity contribution in [2.45, 2.75) is 63.8 Å². The number of rotatable bonds is 17. The molecule has 2 aliphatic carbocycles. The van der Waals surface area contributed by atoms with Gasteiger partial charge in [0.05, 0.1) is 32.6 Å². The first kappa shape index (κ1) is 30.7. The molecule has 1 heterocycles. The molecule has 0 bridgehead atoms. The lowest BCUT2D eigenvalue weighted by atomic mass is 9.83. The fourth-order valence-corrected chi connectivity index (χ4v) is 5.47. The van der Waals surface area contributed by atoms with Crippen LogP contribution >= 0.6 is 0 Å². The van der Waals surface area contributed by atoms with Crippen LogP contribution in [-0.2, 0) is 28.6 Å². The maximum atomic E-state index is 13.5. The van der Waals surface area contributed by atoms with Crippen LogP contribution in [0.4, 0.5) is 0 Å². The quantitative estimate of drug-likeness (QED) is 0.166. The highest BCUT2D eigenvalue weighted by atomic mass is 16.5. The van der Waals surface area contributed by atoms with E-state index < -0.39 is 17.9 Å². The number of Topliss-reactive ketones (excluding diaryl/α,β-unsaturated/α-hetero) is 2. The number of hydrogen-bond donors (Lipinski definition) is 2. The van der Waals surface area contributed by atoms with Gasteiger partial charge in [0.2, 0.25) is 5.91 Å². The van der Waals surface area contributed by atoms with Gasteiger partial charge >= 0.3 is 5.97 Å². The van der Waals surface area contributed by atoms with Gasteiger partial charge in [-0.25, -0.2) is 4.79 Å². The van der Waals surface area contributed by atoms with Crippen LogP contribution in [0.2, 0.25) is 0 Å². The second-order valence-electron chi connectivity index (χ2n) is 11.1. The van der Waals surface area contributed by atoms with Gasteiger partial charge in [-0.2, -0.15) is 0 Å². The monoisotopic (exact) mass is 570 g/mol. The summed E-state index contributed by atoms with van der Waals surface area (Å²) in [7, 11) is 2.89. The molecule has 41 heavy (non-hydrogen) atoms. The van der Waals surface area contributed by atoms with Crippen molar-refractivity contribution in [3.05, 3.63) is 30.0 Å². The summed E-state index contributed by atoms with van der Waals surface area (Å²) in [6.07, 6.45) is 5.86. The van der Waals surface area contributed by atoms with E-state index in [1.807, 2.05) is 18.2 Å². The fraction of sp³-hybridized carbons (Fsp3) is 0.613. The van der Waals surface area contributed by atoms with Crippen LogP contribution in [0.3, 0.4) is 0 Å². The van der Waals surface area contributed by atoms with Crippen molar-refractivity contribution in [1.82, 2.24) is 10.3 Å². The number of carbonyl (C=O) groups is 4. The van der Waals surface area contributed by atoms with E-state index in [1.54, 1.807) is 13.2 Å². The predicted molar refractivity (Wildman–Crippen MR) is 152 cm³/mol. The van der Waals surface area contributed by atoms with Crippen molar-refractivity contribution in [3.63, 3.8) is 0 Å². The minimum atomic E-state index is -0.914. The third-order valence-corrected chi connectivity index (χ3v) is 7.96. The van der Waals surface area contributed by atoms with Crippen molar-refractivity contribution in [3.8, 4) is 5.75 Å². The van der Waals surface area contributed by atoms with Crippen molar-refractivity contribution in [2.75, 3.05) is 40.6 Å². The summed E-state index contributed by atoms with van der Waals surface area (Å²) in [6.45, 7) is 1.77. The third-order valence-electron chi connectivity index (χ3n) is 7.96. The van der Waals surface area contributed by atoms with Gasteiger partial charge in [0.1, 0.15) is 24.2 Å². The van der Waals surface area contributed by atoms with Crippen LogP contribution in [0.5, 0.6) is 5.75 Å². The van der Waals surface area contributed by atoms with E-state index in [9.17, 15) is 19.2 Å². The number of esters is 1. The Morgan fingerprint density at radius 3 is 2.56 bits per heavy atom. The van der Waals surface area contributed by atoms with Crippen LogP contribution in [0.25, 0.3) is 10.9 Å². The number of aromatic nitrogens is 1. The van der Waals surface area contributed by atoms with Gasteiger partial charge in [-0.05, 0) is 49.8 Å². The second-order valence-corrected chi connectivity index (χ2v) is 11.1. The molecule has 3 atom stereocenters. The lowest BCUT2D eigenvalue weighted by Crippen LogP contribution is -2.46. The first-order valence-corrected chi connectivity index (χ1v) is 14.6.